The summed E-state index contributed by atoms with van der Waals surface area (Å²) in [5.41, 5.74) is 10.5. The molecule has 1 aliphatic rings. The topological polar surface area (TPSA) is 131 Å². The van der Waals surface area contributed by atoms with Gasteiger partial charge in [0.05, 0.1) is 36.6 Å². The van der Waals surface area contributed by atoms with Crippen LogP contribution in [0.3, 0.4) is 0 Å². The number of aromatic nitrogens is 2. The summed E-state index contributed by atoms with van der Waals surface area (Å²) >= 11 is 0. The third kappa shape index (κ3) is 5.65. The van der Waals surface area contributed by atoms with E-state index in [2.05, 4.69) is 20.6 Å². The second kappa shape index (κ2) is 11.0. The van der Waals surface area contributed by atoms with Gasteiger partial charge in [0.1, 0.15) is 11.4 Å². The molecule has 0 aliphatic carbocycles. The molecule has 6 N–H and O–H groups in total. The van der Waals surface area contributed by atoms with Crippen molar-refractivity contribution < 1.29 is 14.8 Å². The summed E-state index contributed by atoms with van der Waals surface area (Å²) in [6.07, 6.45) is 9.32. The normalized spacial score (nSPS) is 18.9. The van der Waals surface area contributed by atoms with Gasteiger partial charge in [0.15, 0.2) is 5.69 Å². The van der Waals surface area contributed by atoms with Crippen LogP contribution in [0, 0.1) is 5.41 Å². The predicted molar refractivity (Wildman–Crippen MR) is 134 cm³/mol. The Balaban J connectivity index is 1.69. The molecule has 0 spiro atoms. The Morgan fingerprint density at radius 2 is 2.09 bits per heavy atom. The number of quaternary nitrogens is 1. The van der Waals surface area contributed by atoms with Gasteiger partial charge in [-0.1, -0.05) is 30.4 Å². The van der Waals surface area contributed by atoms with E-state index in [1.165, 1.54) is 0 Å². The molecule has 1 aliphatic heterocycles. The van der Waals surface area contributed by atoms with Crippen molar-refractivity contribution in [3.05, 3.63) is 65.5 Å². The van der Waals surface area contributed by atoms with E-state index in [1.54, 1.807) is 12.4 Å². The van der Waals surface area contributed by atoms with Gasteiger partial charge < -0.3 is 21.1 Å². The highest BCUT2D eigenvalue weighted by Gasteiger charge is 2.22. The zero-order chi connectivity index (χ0) is 23.9. The summed E-state index contributed by atoms with van der Waals surface area (Å²) < 4.78 is 5.58. The molecule has 34 heavy (non-hydrogen) atoms. The van der Waals surface area contributed by atoms with Gasteiger partial charge in [-0.05, 0) is 25.5 Å². The van der Waals surface area contributed by atoms with Crippen LogP contribution in [-0.4, -0.2) is 47.4 Å². The number of rotatable bonds is 2. The van der Waals surface area contributed by atoms with Crippen LogP contribution < -0.4 is 16.4 Å². The zero-order valence-corrected chi connectivity index (χ0v) is 19.4. The summed E-state index contributed by atoms with van der Waals surface area (Å²) in [6, 6.07) is 9.82. The largest absolute Gasteiger partial charge is 0.383 e. The molecule has 1 amide bonds. The van der Waals surface area contributed by atoms with Gasteiger partial charge in [-0.25, -0.2) is 4.98 Å². The van der Waals surface area contributed by atoms with Crippen LogP contribution in [0.25, 0.3) is 17.0 Å². The zero-order valence-electron chi connectivity index (χ0n) is 19.4. The summed E-state index contributed by atoms with van der Waals surface area (Å²) in [5.74, 6) is 0.308. The first kappa shape index (κ1) is 23.5. The minimum absolute atomic E-state index is 0.00182. The number of nitrogens with one attached hydrogen (secondary N) is 2. The number of nitrogen functional groups attached to an aromatic ring is 1. The third-order valence-electron chi connectivity index (χ3n) is 5.86. The molecule has 0 fully saturated rings. The third-order valence-corrected chi connectivity index (χ3v) is 5.86. The average molecular weight is 460 g/mol. The Morgan fingerprint density at radius 1 is 1.24 bits per heavy atom. The summed E-state index contributed by atoms with van der Waals surface area (Å²) in [5, 5.41) is 15.1. The Hall–Kier alpha value is -3.62. The number of ether oxygens (including phenoxy) is 1. The molecule has 3 heterocycles. The molecule has 0 radical (unpaired) electrons. The molecule has 4 rings (SSSR count). The van der Waals surface area contributed by atoms with E-state index in [1.807, 2.05) is 49.4 Å². The van der Waals surface area contributed by atoms with Crippen LogP contribution in [-0.2, 0) is 9.53 Å². The van der Waals surface area contributed by atoms with E-state index in [4.69, 9.17) is 15.9 Å². The highest BCUT2D eigenvalue weighted by Crippen LogP contribution is 2.26. The monoisotopic (exact) mass is 459 g/mol. The smallest absolute Gasteiger partial charge is 0.222 e. The molecular weight excluding hydrogens is 428 g/mol. The van der Waals surface area contributed by atoms with Crippen LogP contribution in [0.15, 0.2) is 48.8 Å². The number of hydrogen-bond donors (Lipinski definition) is 4. The Morgan fingerprint density at radius 3 is 2.97 bits per heavy atom. The van der Waals surface area contributed by atoms with Crippen molar-refractivity contribution >= 4 is 40.1 Å². The number of para-hydroxylation sites is 1. The average Bonchev–Trinajstić information content (AvgIpc) is 2.84. The van der Waals surface area contributed by atoms with Crippen molar-refractivity contribution in [1.29, 1.82) is 5.41 Å². The molecule has 0 unspecified atom stereocenters. The minimum atomic E-state index is -0.00182. The second-order valence-corrected chi connectivity index (χ2v) is 8.48. The van der Waals surface area contributed by atoms with Crippen LogP contribution >= 0.6 is 0 Å². The lowest BCUT2D eigenvalue weighted by Gasteiger charge is -2.16. The van der Waals surface area contributed by atoms with Crippen LogP contribution in [0.5, 0.6) is 0 Å². The maximum atomic E-state index is 12.1. The number of nitrogens with two attached hydrogens (primary N) is 2. The fourth-order valence-corrected chi connectivity index (χ4v) is 4.05. The number of nitrogens with zero attached hydrogens (tertiary/aromatic N) is 2. The number of benzene rings is 1. The molecule has 3 aromatic rings. The number of amides is 1. The molecule has 1 atom stereocenters. The van der Waals surface area contributed by atoms with Crippen LogP contribution in [0.1, 0.15) is 42.9 Å². The van der Waals surface area contributed by atoms with Gasteiger partial charge in [0.2, 0.25) is 5.91 Å². The summed E-state index contributed by atoms with van der Waals surface area (Å²) in [7, 11) is 0. The van der Waals surface area contributed by atoms with E-state index in [9.17, 15) is 4.79 Å². The van der Waals surface area contributed by atoms with Crippen LogP contribution in [0.2, 0.25) is 0 Å². The predicted octanol–water partition coefficient (Wildman–Crippen LogP) is 2.54. The van der Waals surface area contributed by atoms with E-state index < -0.39 is 0 Å². The van der Waals surface area contributed by atoms with E-state index in [0.717, 1.165) is 35.1 Å². The maximum Gasteiger partial charge on any atom is 0.222 e. The number of carbonyl (C=O) groups is 1. The number of hydrogen-bond acceptors (Lipinski definition) is 6. The fourth-order valence-electron chi connectivity index (χ4n) is 4.05. The summed E-state index contributed by atoms with van der Waals surface area (Å²) in [6.45, 7) is 3.66. The Kier molecular flexibility index (Phi) is 7.61. The Labute approximate surface area is 199 Å². The number of anilines is 1. The van der Waals surface area contributed by atoms with E-state index >= 15 is 0 Å². The number of pyridine rings is 2. The van der Waals surface area contributed by atoms with Gasteiger partial charge >= 0.3 is 0 Å². The van der Waals surface area contributed by atoms with Crippen molar-refractivity contribution in [1.82, 2.24) is 15.3 Å². The van der Waals surface area contributed by atoms with Crippen molar-refractivity contribution in [2.45, 2.75) is 32.2 Å². The van der Waals surface area contributed by atoms with Gasteiger partial charge in [-0.2, -0.15) is 0 Å². The number of fused-ring (bicyclic) bond motifs is 2. The van der Waals surface area contributed by atoms with Crippen molar-refractivity contribution in [3.8, 4) is 0 Å². The van der Waals surface area contributed by atoms with Crippen LogP contribution in [0.4, 0.5) is 11.5 Å². The highest BCUT2D eigenvalue weighted by atomic mass is 16.5. The van der Waals surface area contributed by atoms with E-state index in [0.29, 0.717) is 43.0 Å². The lowest BCUT2D eigenvalue weighted by molar-refractivity contribution is -0.572. The standard InChI is InChI=1S/C26H30N6O2/c1-17-9-11-29-25-19(7-4-5-12-34-13-10-22(33)32-17)15-31-26(28)23(25)24(27)20-14-18-6-2-3-8-21(18)30-16-20/h2-4,6-8,14-17,27,29H,5,9-13H2,1H3,(H2,28,31)(H,32,33)/p+1/b7-4+,27-24?/t17-/m1/s1. The second-order valence-electron chi connectivity index (χ2n) is 8.48. The highest BCUT2D eigenvalue weighted by molar-refractivity contribution is 6.17. The van der Waals surface area contributed by atoms with Gasteiger partial charge in [-0.15, -0.1) is 0 Å². The molecule has 2 aromatic heterocycles. The summed E-state index contributed by atoms with van der Waals surface area (Å²) in [4.78, 5) is 21.0. The molecule has 8 heteroatoms. The molecule has 0 saturated heterocycles. The lowest BCUT2D eigenvalue weighted by Crippen LogP contribution is -2.79. The quantitative estimate of drug-likeness (QED) is 0.438. The van der Waals surface area contributed by atoms with Crippen molar-refractivity contribution in [3.63, 3.8) is 0 Å². The van der Waals surface area contributed by atoms with Crippen molar-refractivity contribution in [2.75, 3.05) is 25.5 Å². The molecule has 0 bridgehead atoms. The number of carbonyl (C=O) groups excluding carboxylic acids is 1. The first-order valence-corrected chi connectivity index (χ1v) is 11.6. The minimum Gasteiger partial charge on any atom is -0.383 e. The molecule has 0 saturated carbocycles. The van der Waals surface area contributed by atoms with E-state index in [-0.39, 0.29) is 17.7 Å². The fraction of sp³-hybridized carbons (Fsp3) is 0.308. The molecule has 8 nitrogen and oxygen atoms in total. The lowest BCUT2D eigenvalue weighted by atomic mass is 9.98. The van der Waals surface area contributed by atoms with Gasteiger partial charge in [0, 0.05) is 42.2 Å². The van der Waals surface area contributed by atoms with Crippen molar-refractivity contribution in [2.24, 2.45) is 0 Å². The first-order chi connectivity index (χ1) is 16.5. The SMILES string of the molecule is C[C@@H]1CC[NH2+]c2c(cnc(N)c2C(=N)c2cnc3ccccc3c2)/C=C/CCOCCC(=O)N1. The van der Waals surface area contributed by atoms with Gasteiger partial charge in [-0.3, -0.25) is 15.2 Å². The Bertz CT molecular complexity index is 1220. The van der Waals surface area contributed by atoms with Gasteiger partial charge in [0.25, 0.3) is 0 Å². The first-order valence-electron chi connectivity index (χ1n) is 11.6. The molecule has 1 aromatic carbocycles. The molecular formula is C26H31N6O2+. The molecule has 176 valence electrons. The maximum absolute atomic E-state index is 12.1.